The van der Waals surface area contributed by atoms with Gasteiger partial charge in [0.15, 0.2) is 0 Å². The number of fused-ring (bicyclic) bond motifs is 1. The van der Waals surface area contributed by atoms with E-state index in [0.29, 0.717) is 5.92 Å². The van der Waals surface area contributed by atoms with Crippen LogP contribution in [0.3, 0.4) is 0 Å². The monoisotopic (exact) mass is 294 g/mol. The van der Waals surface area contributed by atoms with Gasteiger partial charge >= 0.3 is 11.9 Å². The lowest BCUT2D eigenvalue weighted by molar-refractivity contribution is -0.176. The van der Waals surface area contributed by atoms with E-state index in [1.54, 1.807) is 0 Å². The molecule has 0 radical (unpaired) electrons. The summed E-state index contributed by atoms with van der Waals surface area (Å²) >= 11 is 0. The Labute approximate surface area is 126 Å². The molecule has 3 fully saturated rings. The summed E-state index contributed by atoms with van der Waals surface area (Å²) < 4.78 is 11.3. The number of ether oxygens (including phenoxy) is 2. The molecule has 0 aromatic heterocycles. The van der Waals surface area contributed by atoms with Crippen LogP contribution >= 0.6 is 0 Å². The summed E-state index contributed by atoms with van der Waals surface area (Å²) in [5, 5.41) is 0. The first-order valence-electron chi connectivity index (χ1n) is 8.10. The second-order valence-electron chi connectivity index (χ2n) is 8.14. The molecule has 0 N–H and O–H groups in total. The molecule has 1 saturated heterocycles. The first-order valence-corrected chi connectivity index (χ1v) is 8.10. The summed E-state index contributed by atoms with van der Waals surface area (Å²) in [6.07, 6.45) is 2.29. The molecule has 2 bridgehead atoms. The highest BCUT2D eigenvalue weighted by atomic mass is 16.6. The molecular weight excluding hydrogens is 268 g/mol. The van der Waals surface area contributed by atoms with E-state index < -0.39 is 5.41 Å². The fourth-order valence-electron chi connectivity index (χ4n) is 4.05. The first kappa shape index (κ1) is 14.9. The van der Waals surface area contributed by atoms with Gasteiger partial charge in [0.05, 0.1) is 11.3 Å². The van der Waals surface area contributed by atoms with Gasteiger partial charge in [-0.25, -0.2) is 0 Å². The fraction of sp³-hybridized carbons (Fsp3) is 0.882. The average Bonchev–Trinajstić information content (AvgIpc) is 3.02. The van der Waals surface area contributed by atoms with Crippen molar-refractivity contribution < 1.29 is 19.1 Å². The van der Waals surface area contributed by atoms with E-state index in [1.165, 1.54) is 0 Å². The predicted molar refractivity (Wildman–Crippen MR) is 77.3 cm³/mol. The van der Waals surface area contributed by atoms with Crippen LogP contribution in [0.25, 0.3) is 0 Å². The van der Waals surface area contributed by atoms with Gasteiger partial charge in [-0.15, -0.1) is 0 Å². The fourth-order valence-corrected chi connectivity index (χ4v) is 4.05. The summed E-state index contributed by atoms with van der Waals surface area (Å²) in [6, 6.07) is 0. The molecule has 3 rings (SSSR count). The van der Waals surface area contributed by atoms with Crippen LogP contribution in [0.1, 0.15) is 53.9 Å². The van der Waals surface area contributed by atoms with Gasteiger partial charge < -0.3 is 9.47 Å². The lowest BCUT2D eigenvalue weighted by Crippen LogP contribution is -2.45. The summed E-state index contributed by atoms with van der Waals surface area (Å²) in [5.74, 6) is 0.407. The number of hydrogen-bond acceptors (Lipinski definition) is 4. The van der Waals surface area contributed by atoms with Crippen molar-refractivity contribution in [2.75, 3.05) is 0 Å². The molecular formula is C17H26O4. The first-order chi connectivity index (χ1) is 9.69. The number of esters is 2. The van der Waals surface area contributed by atoms with Crippen LogP contribution in [0.4, 0.5) is 0 Å². The zero-order valence-electron chi connectivity index (χ0n) is 13.6. The largest absolute Gasteiger partial charge is 0.458 e. The van der Waals surface area contributed by atoms with Crippen LogP contribution in [0.5, 0.6) is 0 Å². The van der Waals surface area contributed by atoms with Gasteiger partial charge in [-0.1, -0.05) is 20.8 Å². The summed E-state index contributed by atoms with van der Waals surface area (Å²) in [6.45, 7) is 10.2. The van der Waals surface area contributed by atoms with E-state index >= 15 is 0 Å². The summed E-state index contributed by atoms with van der Waals surface area (Å²) in [4.78, 5) is 24.5. The Morgan fingerprint density at radius 2 is 1.95 bits per heavy atom. The quantitative estimate of drug-likeness (QED) is 0.748. The average molecular weight is 294 g/mol. The van der Waals surface area contributed by atoms with E-state index in [4.69, 9.17) is 9.47 Å². The molecule has 0 amide bonds. The standard InChI is InChI=1S/C17H26O4/c1-6-16(2,3)17(4,5)15(19)21-12-9-7-10-11(8-9)14(18)20-13(10)12/h9-13H,6-8H2,1-5H3. The molecule has 5 unspecified atom stereocenters. The van der Waals surface area contributed by atoms with Gasteiger partial charge in [-0.05, 0) is 38.5 Å². The Morgan fingerprint density at radius 3 is 2.57 bits per heavy atom. The van der Waals surface area contributed by atoms with E-state index in [-0.39, 0.29) is 41.4 Å². The van der Waals surface area contributed by atoms with Crippen molar-refractivity contribution >= 4 is 11.9 Å². The van der Waals surface area contributed by atoms with Crippen LogP contribution in [0.15, 0.2) is 0 Å². The van der Waals surface area contributed by atoms with Crippen molar-refractivity contribution in [2.24, 2.45) is 28.6 Å². The molecule has 4 heteroatoms. The minimum Gasteiger partial charge on any atom is -0.458 e. The summed E-state index contributed by atoms with van der Waals surface area (Å²) in [5.41, 5.74) is -0.678. The Kier molecular flexibility index (Phi) is 3.16. The molecule has 1 aliphatic heterocycles. The van der Waals surface area contributed by atoms with E-state index in [0.717, 1.165) is 19.3 Å². The molecule has 118 valence electrons. The molecule has 0 aromatic carbocycles. The van der Waals surface area contributed by atoms with Crippen LogP contribution in [0.2, 0.25) is 0 Å². The SMILES string of the molecule is CCC(C)(C)C(C)(C)C(=O)OC1C2CC3C(=O)OC1C3C2. The van der Waals surface area contributed by atoms with Gasteiger partial charge in [-0.2, -0.15) is 0 Å². The Balaban J connectivity index is 1.74. The lowest BCUT2D eigenvalue weighted by atomic mass is 9.66. The van der Waals surface area contributed by atoms with Crippen LogP contribution in [-0.4, -0.2) is 24.1 Å². The van der Waals surface area contributed by atoms with Crippen molar-refractivity contribution in [1.82, 2.24) is 0 Å². The van der Waals surface area contributed by atoms with Gasteiger partial charge in [0.25, 0.3) is 0 Å². The number of hydrogen-bond donors (Lipinski definition) is 0. The smallest absolute Gasteiger partial charge is 0.312 e. The maximum Gasteiger partial charge on any atom is 0.312 e. The Morgan fingerprint density at radius 1 is 1.29 bits per heavy atom. The van der Waals surface area contributed by atoms with Gasteiger partial charge in [0, 0.05) is 11.8 Å². The molecule has 3 aliphatic rings. The summed E-state index contributed by atoms with van der Waals surface area (Å²) in [7, 11) is 0. The molecule has 2 saturated carbocycles. The van der Waals surface area contributed by atoms with Gasteiger partial charge in [0.1, 0.15) is 12.2 Å². The second-order valence-corrected chi connectivity index (χ2v) is 8.14. The predicted octanol–water partition coefficient (Wildman–Crippen LogP) is 2.94. The molecule has 5 atom stereocenters. The van der Waals surface area contributed by atoms with Crippen molar-refractivity contribution in [3.05, 3.63) is 0 Å². The zero-order valence-corrected chi connectivity index (χ0v) is 13.6. The van der Waals surface area contributed by atoms with E-state index in [1.807, 2.05) is 13.8 Å². The van der Waals surface area contributed by atoms with Crippen LogP contribution in [-0.2, 0) is 19.1 Å². The number of carbonyl (C=O) groups excluding carboxylic acids is 2. The normalized spacial score (nSPS) is 37.8. The third-order valence-electron chi connectivity index (χ3n) is 6.74. The van der Waals surface area contributed by atoms with Crippen molar-refractivity contribution in [1.29, 1.82) is 0 Å². The van der Waals surface area contributed by atoms with Gasteiger partial charge in [-0.3, -0.25) is 9.59 Å². The Bertz CT molecular complexity index is 479. The highest BCUT2D eigenvalue weighted by Crippen LogP contribution is 2.56. The third kappa shape index (κ3) is 1.94. The minimum absolute atomic E-state index is 0.0649. The van der Waals surface area contributed by atoms with Crippen LogP contribution in [0, 0.1) is 28.6 Å². The topological polar surface area (TPSA) is 52.6 Å². The maximum atomic E-state index is 12.7. The third-order valence-corrected chi connectivity index (χ3v) is 6.74. The molecule has 1 heterocycles. The maximum absolute atomic E-state index is 12.7. The Hall–Kier alpha value is -1.06. The molecule has 2 aliphatic carbocycles. The molecule has 0 spiro atoms. The lowest BCUT2D eigenvalue weighted by Gasteiger charge is -2.40. The number of carbonyl (C=O) groups is 2. The minimum atomic E-state index is -0.550. The van der Waals surface area contributed by atoms with E-state index in [2.05, 4.69) is 20.8 Å². The van der Waals surface area contributed by atoms with Crippen molar-refractivity contribution in [3.8, 4) is 0 Å². The number of rotatable bonds is 4. The van der Waals surface area contributed by atoms with Crippen LogP contribution < -0.4 is 0 Å². The second kappa shape index (κ2) is 4.47. The zero-order chi connectivity index (χ0) is 15.6. The van der Waals surface area contributed by atoms with Crippen molar-refractivity contribution in [3.63, 3.8) is 0 Å². The highest BCUT2D eigenvalue weighted by molar-refractivity contribution is 5.79. The van der Waals surface area contributed by atoms with Crippen molar-refractivity contribution in [2.45, 2.75) is 66.1 Å². The highest BCUT2D eigenvalue weighted by Gasteiger charge is 2.63. The van der Waals surface area contributed by atoms with Gasteiger partial charge in [0.2, 0.25) is 0 Å². The molecule has 4 nitrogen and oxygen atoms in total. The molecule has 0 aromatic rings. The molecule has 21 heavy (non-hydrogen) atoms. The van der Waals surface area contributed by atoms with E-state index in [9.17, 15) is 9.59 Å².